The van der Waals surface area contributed by atoms with Gasteiger partial charge in [0.1, 0.15) is 23.2 Å². The minimum absolute atomic E-state index is 0.0380. The van der Waals surface area contributed by atoms with E-state index >= 15 is 0 Å². The van der Waals surface area contributed by atoms with Gasteiger partial charge < -0.3 is 4.42 Å². The Hall–Kier alpha value is -2.69. The van der Waals surface area contributed by atoms with Gasteiger partial charge in [-0.05, 0) is 36.8 Å². The van der Waals surface area contributed by atoms with E-state index in [-0.39, 0.29) is 5.57 Å². The van der Waals surface area contributed by atoms with Crippen molar-refractivity contribution in [3.63, 3.8) is 0 Å². The van der Waals surface area contributed by atoms with Gasteiger partial charge in [-0.1, -0.05) is 28.1 Å². The molecule has 0 fully saturated rings. The molecule has 5 nitrogen and oxygen atoms in total. The molecule has 130 valence electrons. The van der Waals surface area contributed by atoms with Crippen molar-refractivity contribution in [1.82, 2.24) is 4.98 Å². The third-order valence-corrected chi connectivity index (χ3v) is 4.92. The average Bonchev–Trinajstić information content (AvgIpc) is 3.23. The van der Waals surface area contributed by atoms with Crippen LogP contribution in [0.15, 0.2) is 57.1 Å². The van der Waals surface area contributed by atoms with E-state index in [1.165, 1.54) is 17.4 Å². The lowest BCUT2D eigenvalue weighted by atomic mass is 10.1. The number of anilines is 1. The minimum atomic E-state index is -0.508. The third-order valence-electron chi connectivity index (χ3n) is 3.48. The van der Waals surface area contributed by atoms with Crippen LogP contribution in [0.4, 0.5) is 5.13 Å². The van der Waals surface area contributed by atoms with Crippen molar-refractivity contribution >= 4 is 44.4 Å². The third kappa shape index (κ3) is 4.69. The van der Waals surface area contributed by atoms with Crippen molar-refractivity contribution in [2.24, 2.45) is 0 Å². The number of carbonyl (C=O) groups excluding carboxylic acids is 1. The van der Waals surface area contributed by atoms with Crippen LogP contribution in [0.3, 0.4) is 0 Å². The first-order valence-corrected chi connectivity index (χ1v) is 9.33. The van der Waals surface area contributed by atoms with Gasteiger partial charge in [0, 0.05) is 28.0 Å². The molecule has 7 heteroatoms. The van der Waals surface area contributed by atoms with Crippen molar-refractivity contribution < 1.29 is 9.21 Å². The molecule has 0 unspecified atom stereocenters. The van der Waals surface area contributed by atoms with Gasteiger partial charge in [-0.3, -0.25) is 10.1 Å². The largest absolute Gasteiger partial charge is 0.462 e. The maximum atomic E-state index is 12.3. The quantitative estimate of drug-likeness (QED) is 0.461. The predicted molar refractivity (Wildman–Crippen MR) is 105 cm³/mol. The van der Waals surface area contributed by atoms with E-state index in [1.54, 1.807) is 25.3 Å². The molecule has 0 spiro atoms. The van der Waals surface area contributed by atoms with Crippen LogP contribution in [0.5, 0.6) is 0 Å². The molecule has 3 aromatic rings. The molecule has 0 atom stereocenters. The molecule has 2 aromatic heterocycles. The molecule has 0 aliphatic heterocycles. The molecular weight excluding hydrogens is 414 g/mol. The highest BCUT2D eigenvalue weighted by atomic mass is 79.9. The maximum Gasteiger partial charge on any atom is 0.268 e. The molecule has 2 heterocycles. The van der Waals surface area contributed by atoms with Gasteiger partial charge in [-0.15, -0.1) is 11.3 Å². The highest BCUT2D eigenvalue weighted by Gasteiger charge is 2.13. The van der Waals surface area contributed by atoms with Crippen molar-refractivity contribution in [2.45, 2.75) is 13.3 Å². The zero-order valence-electron chi connectivity index (χ0n) is 13.8. The van der Waals surface area contributed by atoms with Crippen molar-refractivity contribution in [3.05, 3.63) is 74.6 Å². The molecule has 26 heavy (non-hydrogen) atoms. The number of amides is 1. The van der Waals surface area contributed by atoms with Gasteiger partial charge in [-0.25, -0.2) is 4.98 Å². The molecule has 1 aromatic carbocycles. The number of aryl methyl sites for hydroxylation is 1. The Morgan fingerprint density at radius 3 is 2.77 bits per heavy atom. The first-order valence-electron chi connectivity index (χ1n) is 7.72. The SMILES string of the molecule is Cc1ccc(/C=C(/C#N)C(=O)Nc2ncc(Cc3ccc(Br)cc3)s2)o1. The van der Waals surface area contributed by atoms with Gasteiger partial charge >= 0.3 is 0 Å². The van der Waals surface area contributed by atoms with Crippen LogP contribution < -0.4 is 5.32 Å². The summed E-state index contributed by atoms with van der Waals surface area (Å²) in [4.78, 5) is 17.5. The highest BCUT2D eigenvalue weighted by Crippen LogP contribution is 2.23. The molecular formula is C19H14BrN3O2S. The summed E-state index contributed by atoms with van der Waals surface area (Å²) in [5, 5.41) is 12.3. The maximum absolute atomic E-state index is 12.3. The summed E-state index contributed by atoms with van der Waals surface area (Å²) < 4.78 is 6.40. The number of rotatable bonds is 5. The van der Waals surface area contributed by atoms with E-state index in [1.807, 2.05) is 30.3 Å². The molecule has 0 bridgehead atoms. The summed E-state index contributed by atoms with van der Waals surface area (Å²) in [5.74, 6) is 0.668. The van der Waals surface area contributed by atoms with Gasteiger partial charge in [0.15, 0.2) is 5.13 Å². The Bertz CT molecular complexity index is 996. The number of nitrogens with zero attached hydrogens (tertiary/aromatic N) is 2. The molecule has 0 radical (unpaired) electrons. The van der Waals surface area contributed by atoms with E-state index in [9.17, 15) is 10.1 Å². The fraction of sp³-hybridized carbons (Fsp3) is 0.105. The Labute approximate surface area is 163 Å². The number of furan rings is 1. The number of benzene rings is 1. The molecule has 1 N–H and O–H groups in total. The molecule has 3 rings (SSSR count). The summed E-state index contributed by atoms with van der Waals surface area (Å²) in [6.07, 6.45) is 3.88. The molecule has 0 aliphatic rings. The first kappa shape index (κ1) is 18.1. The lowest BCUT2D eigenvalue weighted by Crippen LogP contribution is -2.13. The van der Waals surface area contributed by atoms with Crippen molar-refractivity contribution in [3.8, 4) is 6.07 Å². The lowest BCUT2D eigenvalue weighted by molar-refractivity contribution is -0.112. The topological polar surface area (TPSA) is 78.9 Å². The smallest absolute Gasteiger partial charge is 0.268 e. The Kier molecular flexibility index (Phi) is 5.66. The Morgan fingerprint density at radius 2 is 2.12 bits per heavy atom. The number of thiazole rings is 1. The number of aromatic nitrogens is 1. The number of carbonyl (C=O) groups is 1. The van der Waals surface area contributed by atoms with Gasteiger partial charge in [0.05, 0.1) is 0 Å². The first-order chi connectivity index (χ1) is 12.5. The number of hydrogen-bond donors (Lipinski definition) is 1. The second-order valence-corrected chi connectivity index (χ2v) is 7.54. The van der Waals surface area contributed by atoms with E-state index < -0.39 is 5.91 Å². The number of nitriles is 1. The van der Waals surface area contributed by atoms with E-state index in [0.29, 0.717) is 16.7 Å². The van der Waals surface area contributed by atoms with Crippen molar-refractivity contribution in [1.29, 1.82) is 5.26 Å². The van der Waals surface area contributed by atoms with Gasteiger partial charge in [-0.2, -0.15) is 5.26 Å². The number of nitrogens with one attached hydrogen (secondary N) is 1. The molecule has 0 saturated carbocycles. The summed E-state index contributed by atoms with van der Waals surface area (Å²) in [7, 11) is 0. The Morgan fingerprint density at radius 1 is 1.35 bits per heavy atom. The minimum Gasteiger partial charge on any atom is -0.462 e. The summed E-state index contributed by atoms with van der Waals surface area (Å²) >= 11 is 4.80. The average molecular weight is 428 g/mol. The van der Waals surface area contributed by atoms with Crippen LogP contribution in [0, 0.1) is 18.3 Å². The van der Waals surface area contributed by atoms with E-state index in [2.05, 4.69) is 26.2 Å². The summed E-state index contributed by atoms with van der Waals surface area (Å²) in [5.41, 5.74) is 1.12. The van der Waals surface area contributed by atoms with E-state index in [0.717, 1.165) is 21.3 Å². The second-order valence-electron chi connectivity index (χ2n) is 5.51. The van der Waals surface area contributed by atoms with E-state index in [4.69, 9.17) is 4.42 Å². The zero-order valence-corrected chi connectivity index (χ0v) is 16.2. The van der Waals surface area contributed by atoms with Crippen LogP contribution in [0.1, 0.15) is 22.0 Å². The van der Waals surface area contributed by atoms with Gasteiger partial charge in [0.2, 0.25) is 0 Å². The van der Waals surface area contributed by atoms with Crippen molar-refractivity contribution in [2.75, 3.05) is 5.32 Å². The fourth-order valence-corrected chi connectivity index (χ4v) is 3.34. The van der Waals surface area contributed by atoms with Crippen LogP contribution in [0.2, 0.25) is 0 Å². The fourth-order valence-electron chi connectivity index (χ4n) is 2.24. The standard InChI is InChI=1S/C19H14BrN3O2S/c1-12-2-7-16(25-12)9-14(10-21)18(24)23-19-22-11-17(26-19)8-13-3-5-15(20)6-4-13/h2-7,9,11H,8H2,1H3,(H,22,23,24)/b14-9-. The molecule has 0 aliphatic carbocycles. The van der Waals surface area contributed by atoms with Crippen LogP contribution in [-0.4, -0.2) is 10.9 Å². The number of hydrogen-bond acceptors (Lipinski definition) is 5. The van der Waals surface area contributed by atoms with Gasteiger partial charge in [0.25, 0.3) is 5.91 Å². The van der Waals surface area contributed by atoms with Crippen LogP contribution in [-0.2, 0) is 11.2 Å². The molecule has 1 amide bonds. The highest BCUT2D eigenvalue weighted by molar-refractivity contribution is 9.10. The summed E-state index contributed by atoms with van der Waals surface area (Å²) in [6, 6.07) is 13.4. The van der Waals surface area contributed by atoms with Crippen LogP contribution >= 0.6 is 27.3 Å². The second kappa shape index (κ2) is 8.13. The van der Waals surface area contributed by atoms with Crippen LogP contribution in [0.25, 0.3) is 6.08 Å². The number of halogens is 1. The molecule has 0 saturated heterocycles. The Balaban J connectivity index is 1.67. The lowest BCUT2D eigenvalue weighted by Gasteiger charge is -2.00. The summed E-state index contributed by atoms with van der Waals surface area (Å²) in [6.45, 7) is 1.80. The monoisotopic (exact) mass is 427 g/mol. The zero-order chi connectivity index (χ0) is 18.5. The normalized spacial score (nSPS) is 11.2. The predicted octanol–water partition coefficient (Wildman–Crippen LogP) is 4.94.